The minimum atomic E-state index is -0.206. The number of aryl methyl sites for hydroxylation is 1. The van der Waals surface area contributed by atoms with Crippen LogP contribution in [-0.2, 0) is 18.3 Å². The summed E-state index contributed by atoms with van der Waals surface area (Å²) in [6.07, 6.45) is 1.97. The molecule has 0 fully saturated rings. The van der Waals surface area contributed by atoms with Crippen LogP contribution in [-0.4, -0.2) is 11.8 Å². The first-order valence-corrected chi connectivity index (χ1v) is 9.27. The van der Waals surface area contributed by atoms with Crippen molar-refractivity contribution < 1.29 is 0 Å². The summed E-state index contributed by atoms with van der Waals surface area (Å²) in [7, 11) is 0. The minimum absolute atomic E-state index is 0.206. The highest BCUT2D eigenvalue weighted by Crippen LogP contribution is 2.35. The van der Waals surface area contributed by atoms with Gasteiger partial charge in [0.25, 0.3) is 0 Å². The lowest BCUT2D eigenvalue weighted by atomic mass is 9.80. The van der Waals surface area contributed by atoms with E-state index in [0.717, 1.165) is 17.3 Å². The molecule has 0 aliphatic heterocycles. The maximum atomic E-state index is 6.31. The molecule has 1 aromatic heterocycles. The van der Waals surface area contributed by atoms with Crippen LogP contribution in [0.3, 0.4) is 0 Å². The van der Waals surface area contributed by atoms with Gasteiger partial charge in [0.05, 0.1) is 0 Å². The summed E-state index contributed by atoms with van der Waals surface area (Å²) in [5, 5.41) is 0. The zero-order chi connectivity index (χ0) is 14.6. The Hall–Kier alpha value is -0.0200. The van der Waals surface area contributed by atoms with Crippen LogP contribution in [0.1, 0.15) is 22.2 Å². The highest BCUT2D eigenvalue weighted by atomic mass is 79.9. The fourth-order valence-corrected chi connectivity index (χ4v) is 4.53. The molecule has 1 heterocycles. The van der Waals surface area contributed by atoms with Crippen LogP contribution in [0.15, 0.2) is 40.9 Å². The van der Waals surface area contributed by atoms with E-state index in [1.54, 1.807) is 0 Å². The van der Waals surface area contributed by atoms with Gasteiger partial charge >= 0.3 is 0 Å². The van der Waals surface area contributed by atoms with Gasteiger partial charge < -0.3 is 0 Å². The molecule has 0 unspecified atom stereocenters. The van der Waals surface area contributed by atoms with Gasteiger partial charge in [-0.3, -0.25) is 0 Å². The number of hydrogen-bond acceptors (Lipinski definition) is 1. The van der Waals surface area contributed by atoms with Crippen LogP contribution in [0, 0.1) is 0 Å². The standard InChI is InChI=1S/C16H17BrCl2S/c1-2-14-6-7-15(20-14)9-16(10-18,11-19)12-4-3-5-13(17)8-12/h3-8H,2,9-11H2,1H3. The highest BCUT2D eigenvalue weighted by Gasteiger charge is 2.31. The summed E-state index contributed by atoms with van der Waals surface area (Å²) in [5.41, 5.74) is 0.992. The van der Waals surface area contributed by atoms with E-state index in [2.05, 4.69) is 47.1 Å². The van der Waals surface area contributed by atoms with Gasteiger partial charge in [-0.25, -0.2) is 0 Å². The van der Waals surface area contributed by atoms with Crippen molar-refractivity contribution in [3.63, 3.8) is 0 Å². The van der Waals surface area contributed by atoms with Gasteiger partial charge in [-0.2, -0.15) is 0 Å². The molecule has 4 heteroatoms. The fourth-order valence-electron chi connectivity index (χ4n) is 2.25. The Labute approximate surface area is 143 Å². The zero-order valence-corrected chi connectivity index (χ0v) is 15.2. The molecule has 0 radical (unpaired) electrons. The number of thiophene rings is 1. The van der Waals surface area contributed by atoms with E-state index in [9.17, 15) is 0 Å². The van der Waals surface area contributed by atoms with Gasteiger partial charge in [-0.1, -0.05) is 35.0 Å². The molecule has 0 amide bonds. The summed E-state index contributed by atoms with van der Waals surface area (Å²) in [6, 6.07) is 12.7. The van der Waals surface area contributed by atoms with Crippen molar-refractivity contribution in [3.05, 3.63) is 56.2 Å². The molecule has 0 N–H and O–H groups in total. The Kier molecular flexibility index (Phi) is 5.97. The Morgan fingerprint density at radius 1 is 1.10 bits per heavy atom. The Morgan fingerprint density at radius 3 is 2.35 bits per heavy atom. The number of benzene rings is 1. The third-order valence-electron chi connectivity index (χ3n) is 3.53. The normalized spacial score (nSPS) is 11.8. The quantitative estimate of drug-likeness (QED) is 0.527. The lowest BCUT2D eigenvalue weighted by Crippen LogP contribution is -2.33. The van der Waals surface area contributed by atoms with Gasteiger partial charge in [0.15, 0.2) is 0 Å². The van der Waals surface area contributed by atoms with E-state index >= 15 is 0 Å². The van der Waals surface area contributed by atoms with E-state index < -0.39 is 0 Å². The molecule has 0 saturated heterocycles. The van der Waals surface area contributed by atoms with Crippen molar-refractivity contribution in [2.45, 2.75) is 25.2 Å². The smallest absolute Gasteiger partial charge is 0.0335 e. The molecule has 0 aliphatic rings. The van der Waals surface area contributed by atoms with E-state index in [0.29, 0.717) is 11.8 Å². The van der Waals surface area contributed by atoms with Crippen LogP contribution in [0.2, 0.25) is 0 Å². The predicted molar refractivity (Wildman–Crippen MR) is 94.7 cm³/mol. The van der Waals surface area contributed by atoms with Crippen LogP contribution in [0.25, 0.3) is 0 Å². The minimum Gasteiger partial charge on any atom is -0.145 e. The topological polar surface area (TPSA) is 0 Å². The summed E-state index contributed by atoms with van der Waals surface area (Å²) in [4.78, 5) is 2.76. The third kappa shape index (κ3) is 3.59. The van der Waals surface area contributed by atoms with Crippen molar-refractivity contribution in [2.24, 2.45) is 0 Å². The Morgan fingerprint density at radius 2 is 1.80 bits per heavy atom. The fraction of sp³-hybridized carbons (Fsp3) is 0.375. The first-order valence-electron chi connectivity index (χ1n) is 6.59. The number of rotatable bonds is 6. The molecule has 2 aromatic rings. The molecular formula is C16H17BrCl2S. The molecule has 0 nitrogen and oxygen atoms in total. The van der Waals surface area contributed by atoms with Gasteiger partial charge in [0.1, 0.15) is 0 Å². The maximum Gasteiger partial charge on any atom is 0.0335 e. The monoisotopic (exact) mass is 390 g/mol. The third-order valence-corrected chi connectivity index (χ3v) is 6.27. The Bertz CT molecular complexity index is 561. The number of alkyl halides is 2. The SMILES string of the molecule is CCc1ccc(CC(CCl)(CCl)c2cccc(Br)c2)s1. The van der Waals surface area contributed by atoms with Crippen LogP contribution in [0.4, 0.5) is 0 Å². The second-order valence-corrected chi connectivity index (χ2v) is 7.66. The first kappa shape index (κ1) is 16.4. The summed E-state index contributed by atoms with van der Waals surface area (Å²) < 4.78 is 1.06. The van der Waals surface area contributed by atoms with Crippen LogP contribution >= 0.6 is 50.5 Å². The van der Waals surface area contributed by atoms with E-state index in [1.807, 2.05) is 23.5 Å². The predicted octanol–water partition coefficient (Wildman–Crippen LogP) is 6.03. The first-order chi connectivity index (χ1) is 9.63. The Balaban J connectivity index is 2.33. The van der Waals surface area contributed by atoms with Gasteiger partial charge in [0.2, 0.25) is 0 Å². The molecule has 20 heavy (non-hydrogen) atoms. The molecule has 1 aromatic carbocycles. The largest absolute Gasteiger partial charge is 0.145 e. The summed E-state index contributed by atoms with van der Waals surface area (Å²) >= 11 is 18.0. The van der Waals surface area contributed by atoms with Crippen LogP contribution in [0.5, 0.6) is 0 Å². The molecule has 2 rings (SSSR count). The van der Waals surface area contributed by atoms with Crippen molar-refractivity contribution >= 4 is 50.5 Å². The van der Waals surface area contributed by atoms with Crippen molar-refractivity contribution in [1.82, 2.24) is 0 Å². The van der Waals surface area contributed by atoms with Gasteiger partial charge in [0, 0.05) is 31.4 Å². The number of halogens is 3. The van der Waals surface area contributed by atoms with Crippen LogP contribution < -0.4 is 0 Å². The van der Waals surface area contributed by atoms with Crippen molar-refractivity contribution in [3.8, 4) is 0 Å². The summed E-state index contributed by atoms with van der Waals surface area (Å²) in [6.45, 7) is 2.18. The second-order valence-electron chi connectivity index (χ2n) is 4.96. The van der Waals surface area contributed by atoms with Crippen molar-refractivity contribution in [1.29, 1.82) is 0 Å². The molecule has 0 aliphatic carbocycles. The van der Waals surface area contributed by atoms with E-state index in [-0.39, 0.29) is 5.41 Å². The van der Waals surface area contributed by atoms with E-state index in [1.165, 1.54) is 15.3 Å². The molecule has 0 bridgehead atoms. The lowest BCUT2D eigenvalue weighted by Gasteiger charge is -2.30. The lowest BCUT2D eigenvalue weighted by molar-refractivity contribution is 0.541. The average molecular weight is 392 g/mol. The van der Waals surface area contributed by atoms with Gasteiger partial charge in [-0.15, -0.1) is 34.5 Å². The summed E-state index contributed by atoms with van der Waals surface area (Å²) in [5.74, 6) is 1.04. The maximum absolute atomic E-state index is 6.31. The van der Waals surface area contributed by atoms with Crippen molar-refractivity contribution in [2.75, 3.05) is 11.8 Å². The number of hydrogen-bond donors (Lipinski definition) is 0. The molecule has 0 saturated carbocycles. The molecule has 0 spiro atoms. The van der Waals surface area contributed by atoms with E-state index in [4.69, 9.17) is 23.2 Å². The molecular weight excluding hydrogens is 375 g/mol. The average Bonchev–Trinajstić information content (AvgIpc) is 2.92. The second kappa shape index (κ2) is 7.31. The zero-order valence-electron chi connectivity index (χ0n) is 11.3. The highest BCUT2D eigenvalue weighted by molar-refractivity contribution is 9.10. The molecule has 108 valence electrons. The van der Waals surface area contributed by atoms with Gasteiger partial charge in [-0.05, 0) is 42.7 Å². The molecule has 0 atom stereocenters.